The first-order valence-electron chi connectivity index (χ1n) is 6.88. The van der Waals surface area contributed by atoms with Crippen LogP contribution in [0.15, 0.2) is 0 Å². The Labute approximate surface area is 106 Å². The van der Waals surface area contributed by atoms with Crippen LogP contribution in [0.1, 0.15) is 53.4 Å². The Balaban J connectivity index is 2.37. The smallest absolute Gasteiger partial charge is 0.220 e. The van der Waals surface area contributed by atoms with Gasteiger partial charge in [-0.2, -0.15) is 0 Å². The van der Waals surface area contributed by atoms with Gasteiger partial charge in [0.1, 0.15) is 0 Å². The zero-order valence-corrected chi connectivity index (χ0v) is 11.8. The summed E-state index contributed by atoms with van der Waals surface area (Å²) in [6.07, 6.45) is 4.14. The number of hydrogen-bond donors (Lipinski definition) is 2. The van der Waals surface area contributed by atoms with Crippen molar-refractivity contribution < 1.29 is 4.79 Å². The van der Waals surface area contributed by atoms with E-state index in [0.29, 0.717) is 30.7 Å². The molecule has 0 saturated heterocycles. The van der Waals surface area contributed by atoms with Crippen LogP contribution >= 0.6 is 0 Å². The highest BCUT2D eigenvalue weighted by molar-refractivity contribution is 5.77. The molecule has 1 aliphatic rings. The fraction of sp³-hybridized carbons (Fsp3) is 0.929. The molecule has 3 heteroatoms. The summed E-state index contributed by atoms with van der Waals surface area (Å²) >= 11 is 0. The molecule has 1 fully saturated rings. The first kappa shape index (κ1) is 14.5. The molecule has 0 aliphatic heterocycles. The standard InChI is InChI=1S/C14H28N2O/c1-10(2)7-11(3)8-13(17)16-14(4,9-15)12-5-6-12/h10-12H,5-9,15H2,1-4H3,(H,16,17). The normalized spacial score (nSPS) is 21.1. The van der Waals surface area contributed by atoms with E-state index in [1.165, 1.54) is 12.8 Å². The van der Waals surface area contributed by atoms with Gasteiger partial charge in [0.2, 0.25) is 5.91 Å². The Kier molecular flexibility index (Phi) is 4.99. The van der Waals surface area contributed by atoms with Gasteiger partial charge in [-0.3, -0.25) is 4.79 Å². The van der Waals surface area contributed by atoms with Gasteiger partial charge in [-0.05, 0) is 43.9 Å². The van der Waals surface area contributed by atoms with Gasteiger partial charge in [0.15, 0.2) is 0 Å². The Morgan fingerprint density at radius 1 is 1.41 bits per heavy atom. The fourth-order valence-electron chi connectivity index (χ4n) is 2.61. The molecular weight excluding hydrogens is 212 g/mol. The van der Waals surface area contributed by atoms with E-state index in [9.17, 15) is 4.79 Å². The van der Waals surface area contributed by atoms with Crippen LogP contribution in [0.5, 0.6) is 0 Å². The van der Waals surface area contributed by atoms with E-state index in [1.807, 2.05) is 0 Å². The third-order valence-electron chi connectivity index (χ3n) is 3.74. The average Bonchev–Trinajstić information content (AvgIpc) is 2.98. The van der Waals surface area contributed by atoms with E-state index in [0.717, 1.165) is 6.42 Å². The Bertz CT molecular complexity index is 261. The number of nitrogens with two attached hydrogens (primary N) is 1. The minimum atomic E-state index is -0.172. The molecule has 3 N–H and O–H groups in total. The van der Waals surface area contributed by atoms with Crippen LogP contribution in [0, 0.1) is 17.8 Å². The summed E-state index contributed by atoms with van der Waals surface area (Å²) in [5, 5.41) is 3.15. The van der Waals surface area contributed by atoms with Crippen LogP contribution in [0.4, 0.5) is 0 Å². The lowest BCUT2D eigenvalue weighted by atomic mass is 9.93. The van der Waals surface area contributed by atoms with Crippen molar-refractivity contribution >= 4 is 5.91 Å². The van der Waals surface area contributed by atoms with Crippen LogP contribution < -0.4 is 11.1 Å². The maximum Gasteiger partial charge on any atom is 0.220 e. The Morgan fingerprint density at radius 3 is 2.41 bits per heavy atom. The van der Waals surface area contributed by atoms with Crippen LogP contribution in [0.25, 0.3) is 0 Å². The predicted molar refractivity (Wildman–Crippen MR) is 71.6 cm³/mol. The van der Waals surface area contributed by atoms with Crippen LogP contribution in [0.2, 0.25) is 0 Å². The third-order valence-corrected chi connectivity index (χ3v) is 3.74. The van der Waals surface area contributed by atoms with Gasteiger partial charge in [0, 0.05) is 13.0 Å². The summed E-state index contributed by atoms with van der Waals surface area (Å²) in [6, 6.07) is 0. The maximum absolute atomic E-state index is 12.0. The van der Waals surface area contributed by atoms with Crippen molar-refractivity contribution in [2.24, 2.45) is 23.5 Å². The third kappa shape index (κ3) is 4.66. The van der Waals surface area contributed by atoms with Crippen LogP contribution in [-0.4, -0.2) is 18.0 Å². The molecule has 0 spiro atoms. The molecule has 1 amide bonds. The molecule has 1 rings (SSSR count). The van der Waals surface area contributed by atoms with Crippen molar-refractivity contribution in [1.29, 1.82) is 0 Å². The molecule has 0 aromatic carbocycles. The summed E-state index contributed by atoms with van der Waals surface area (Å²) in [6.45, 7) is 9.17. The number of hydrogen-bond acceptors (Lipinski definition) is 2. The lowest BCUT2D eigenvalue weighted by Gasteiger charge is -2.30. The van der Waals surface area contributed by atoms with Gasteiger partial charge in [-0.1, -0.05) is 20.8 Å². The molecule has 0 radical (unpaired) electrons. The topological polar surface area (TPSA) is 55.1 Å². The molecule has 0 bridgehead atoms. The second-order valence-electron chi connectivity index (χ2n) is 6.38. The molecule has 0 aromatic heterocycles. The summed E-state index contributed by atoms with van der Waals surface area (Å²) in [5.74, 6) is 1.87. The van der Waals surface area contributed by atoms with Gasteiger partial charge in [-0.15, -0.1) is 0 Å². The summed E-state index contributed by atoms with van der Waals surface area (Å²) in [7, 11) is 0. The van der Waals surface area contributed by atoms with Crippen molar-refractivity contribution in [3.8, 4) is 0 Å². The molecule has 0 heterocycles. The van der Waals surface area contributed by atoms with Crippen molar-refractivity contribution in [2.75, 3.05) is 6.54 Å². The SMILES string of the molecule is CC(C)CC(C)CC(=O)NC(C)(CN)C1CC1. The molecule has 100 valence electrons. The zero-order chi connectivity index (χ0) is 13.1. The molecule has 1 saturated carbocycles. The minimum absolute atomic E-state index is 0.165. The van der Waals surface area contributed by atoms with Crippen molar-refractivity contribution in [1.82, 2.24) is 5.32 Å². The monoisotopic (exact) mass is 240 g/mol. The Morgan fingerprint density at radius 2 is 2.00 bits per heavy atom. The first-order chi connectivity index (χ1) is 7.87. The number of rotatable bonds is 7. The molecule has 3 nitrogen and oxygen atoms in total. The van der Waals surface area contributed by atoms with Gasteiger partial charge in [0.05, 0.1) is 5.54 Å². The number of amides is 1. The largest absolute Gasteiger partial charge is 0.349 e. The maximum atomic E-state index is 12.0. The van der Waals surface area contributed by atoms with Crippen molar-refractivity contribution in [3.05, 3.63) is 0 Å². The lowest BCUT2D eigenvalue weighted by molar-refractivity contribution is -0.123. The molecular formula is C14H28N2O. The lowest BCUT2D eigenvalue weighted by Crippen LogP contribution is -2.53. The van der Waals surface area contributed by atoms with Gasteiger partial charge < -0.3 is 11.1 Å². The second-order valence-corrected chi connectivity index (χ2v) is 6.38. The van der Waals surface area contributed by atoms with E-state index in [4.69, 9.17) is 5.73 Å². The molecule has 2 unspecified atom stereocenters. The highest BCUT2D eigenvalue weighted by Gasteiger charge is 2.41. The Hall–Kier alpha value is -0.570. The van der Waals surface area contributed by atoms with E-state index in [2.05, 4.69) is 33.0 Å². The summed E-state index contributed by atoms with van der Waals surface area (Å²) < 4.78 is 0. The quantitative estimate of drug-likeness (QED) is 0.717. The van der Waals surface area contributed by atoms with E-state index in [1.54, 1.807) is 0 Å². The fourth-order valence-corrected chi connectivity index (χ4v) is 2.61. The highest BCUT2D eigenvalue weighted by atomic mass is 16.1. The van der Waals surface area contributed by atoms with Crippen molar-refractivity contribution in [2.45, 2.75) is 58.9 Å². The second kappa shape index (κ2) is 5.85. The van der Waals surface area contributed by atoms with Crippen LogP contribution in [0.3, 0.4) is 0 Å². The first-order valence-corrected chi connectivity index (χ1v) is 6.88. The summed E-state index contributed by atoms with van der Waals surface area (Å²) in [5.41, 5.74) is 5.62. The molecule has 17 heavy (non-hydrogen) atoms. The summed E-state index contributed by atoms with van der Waals surface area (Å²) in [4.78, 5) is 12.0. The van der Waals surface area contributed by atoms with Gasteiger partial charge >= 0.3 is 0 Å². The number of carbonyl (C=O) groups excluding carboxylic acids is 1. The van der Waals surface area contributed by atoms with Gasteiger partial charge in [-0.25, -0.2) is 0 Å². The van der Waals surface area contributed by atoms with Gasteiger partial charge in [0.25, 0.3) is 0 Å². The number of nitrogens with one attached hydrogen (secondary N) is 1. The molecule has 0 aromatic rings. The number of carbonyl (C=O) groups is 1. The van der Waals surface area contributed by atoms with Crippen molar-refractivity contribution in [3.63, 3.8) is 0 Å². The molecule has 2 atom stereocenters. The van der Waals surface area contributed by atoms with E-state index in [-0.39, 0.29) is 11.4 Å². The highest BCUT2D eigenvalue weighted by Crippen LogP contribution is 2.39. The van der Waals surface area contributed by atoms with E-state index >= 15 is 0 Å². The average molecular weight is 240 g/mol. The predicted octanol–water partition coefficient (Wildman–Crippen LogP) is 2.30. The van der Waals surface area contributed by atoms with E-state index < -0.39 is 0 Å². The minimum Gasteiger partial charge on any atom is -0.349 e. The zero-order valence-electron chi connectivity index (χ0n) is 11.8. The molecule has 1 aliphatic carbocycles. The van der Waals surface area contributed by atoms with Crippen LogP contribution in [-0.2, 0) is 4.79 Å².